The number of nitrogens with zero attached hydrogens (tertiary/aromatic N) is 4. The standard InChI is InChI=1S/C22H21F2N5O2/c23-16-7-5-15(6-8-16)21-25-22(31)18(26-27-21)9-10-20(30)29-13-11-28(12-14-29)19-4-2-1-3-17(19)24/h1-8H,9-14H2,(H,25,27,31). The molecule has 3 aromatic rings. The molecule has 0 saturated carbocycles. The molecule has 0 radical (unpaired) electrons. The van der Waals surface area contributed by atoms with Gasteiger partial charge in [0.15, 0.2) is 5.82 Å². The zero-order valence-electron chi connectivity index (χ0n) is 16.7. The number of rotatable bonds is 5. The molecule has 0 bridgehead atoms. The maximum absolute atomic E-state index is 13.9. The number of aryl methyl sites for hydroxylation is 1. The third kappa shape index (κ3) is 4.76. The van der Waals surface area contributed by atoms with Crippen LogP contribution < -0.4 is 10.5 Å². The maximum Gasteiger partial charge on any atom is 0.273 e. The number of halogens is 2. The van der Waals surface area contributed by atoms with E-state index >= 15 is 0 Å². The molecule has 160 valence electrons. The Kier molecular flexibility index (Phi) is 6.01. The average Bonchev–Trinajstić information content (AvgIpc) is 2.79. The van der Waals surface area contributed by atoms with Crippen molar-refractivity contribution in [3.8, 4) is 11.4 Å². The highest BCUT2D eigenvalue weighted by atomic mass is 19.1. The molecule has 9 heteroatoms. The van der Waals surface area contributed by atoms with Crippen LogP contribution in [0.1, 0.15) is 12.1 Å². The fourth-order valence-electron chi connectivity index (χ4n) is 3.55. The van der Waals surface area contributed by atoms with Gasteiger partial charge in [0.05, 0.1) is 5.69 Å². The number of carbonyl (C=O) groups excluding carboxylic acids is 1. The first-order chi connectivity index (χ1) is 15.0. The van der Waals surface area contributed by atoms with Crippen LogP contribution in [0.15, 0.2) is 53.3 Å². The van der Waals surface area contributed by atoms with Crippen LogP contribution in [0.25, 0.3) is 11.4 Å². The summed E-state index contributed by atoms with van der Waals surface area (Å²) in [6.45, 7) is 2.05. The topological polar surface area (TPSA) is 82.2 Å². The zero-order valence-corrected chi connectivity index (χ0v) is 16.7. The number of aromatic amines is 1. The lowest BCUT2D eigenvalue weighted by molar-refractivity contribution is -0.131. The molecular formula is C22H21F2N5O2. The number of anilines is 1. The molecule has 1 aliphatic rings. The first-order valence-corrected chi connectivity index (χ1v) is 10.0. The SMILES string of the molecule is O=C(CCc1nnc(-c2ccc(F)cc2)[nH]c1=O)N1CCN(c2ccccc2F)CC1. The smallest absolute Gasteiger partial charge is 0.273 e. The quantitative estimate of drug-likeness (QED) is 0.679. The lowest BCUT2D eigenvalue weighted by Gasteiger charge is -2.36. The van der Waals surface area contributed by atoms with E-state index in [-0.39, 0.29) is 41.9 Å². The van der Waals surface area contributed by atoms with Gasteiger partial charge >= 0.3 is 0 Å². The van der Waals surface area contributed by atoms with Gasteiger partial charge in [-0.2, -0.15) is 0 Å². The molecule has 1 saturated heterocycles. The van der Waals surface area contributed by atoms with Crippen LogP contribution in [-0.4, -0.2) is 52.2 Å². The Balaban J connectivity index is 1.32. The van der Waals surface area contributed by atoms with Crippen molar-refractivity contribution in [2.24, 2.45) is 0 Å². The van der Waals surface area contributed by atoms with Gasteiger partial charge in [0.2, 0.25) is 5.91 Å². The molecule has 7 nitrogen and oxygen atoms in total. The molecule has 0 unspecified atom stereocenters. The normalized spacial score (nSPS) is 14.0. The second-order valence-corrected chi connectivity index (χ2v) is 7.28. The number of benzene rings is 2. The Morgan fingerprint density at radius 3 is 2.35 bits per heavy atom. The van der Waals surface area contributed by atoms with Gasteiger partial charge in [-0.1, -0.05) is 12.1 Å². The van der Waals surface area contributed by atoms with Crippen molar-refractivity contribution >= 4 is 11.6 Å². The summed E-state index contributed by atoms with van der Waals surface area (Å²) < 4.78 is 27.0. The molecule has 4 rings (SSSR count). The Morgan fingerprint density at radius 2 is 1.68 bits per heavy atom. The van der Waals surface area contributed by atoms with E-state index in [1.54, 1.807) is 23.1 Å². The van der Waals surface area contributed by atoms with E-state index in [2.05, 4.69) is 15.2 Å². The van der Waals surface area contributed by atoms with E-state index in [0.29, 0.717) is 37.4 Å². The first kappa shape index (κ1) is 20.6. The van der Waals surface area contributed by atoms with Crippen molar-refractivity contribution < 1.29 is 13.6 Å². The molecule has 1 aliphatic heterocycles. The molecule has 1 fully saturated rings. The van der Waals surface area contributed by atoms with Crippen molar-refractivity contribution in [2.45, 2.75) is 12.8 Å². The second-order valence-electron chi connectivity index (χ2n) is 7.28. The minimum absolute atomic E-state index is 0.0861. The van der Waals surface area contributed by atoms with Crippen LogP contribution in [0, 0.1) is 11.6 Å². The number of hydrogen-bond acceptors (Lipinski definition) is 5. The molecule has 0 aliphatic carbocycles. The first-order valence-electron chi connectivity index (χ1n) is 10.0. The summed E-state index contributed by atoms with van der Waals surface area (Å²) in [5, 5.41) is 7.93. The summed E-state index contributed by atoms with van der Waals surface area (Å²) in [6.07, 6.45) is 0.297. The molecule has 31 heavy (non-hydrogen) atoms. The predicted octanol–water partition coefficient (Wildman–Crippen LogP) is 2.39. The molecule has 0 spiro atoms. The molecule has 1 aromatic heterocycles. The van der Waals surface area contributed by atoms with Crippen LogP contribution in [0.2, 0.25) is 0 Å². The molecule has 2 aromatic carbocycles. The van der Waals surface area contributed by atoms with E-state index < -0.39 is 5.56 Å². The Labute approximate surface area is 177 Å². The number of carbonyl (C=O) groups is 1. The highest BCUT2D eigenvalue weighted by Crippen LogP contribution is 2.20. The van der Waals surface area contributed by atoms with Crippen LogP contribution in [0.3, 0.4) is 0 Å². The average molecular weight is 425 g/mol. The summed E-state index contributed by atoms with van der Waals surface area (Å²) in [6, 6.07) is 12.1. The predicted molar refractivity (Wildman–Crippen MR) is 112 cm³/mol. The molecule has 1 amide bonds. The monoisotopic (exact) mass is 425 g/mol. The van der Waals surface area contributed by atoms with Crippen molar-refractivity contribution in [3.63, 3.8) is 0 Å². The minimum atomic E-state index is -0.425. The highest BCUT2D eigenvalue weighted by molar-refractivity contribution is 5.76. The summed E-state index contributed by atoms with van der Waals surface area (Å²) in [5.41, 5.74) is 0.828. The van der Waals surface area contributed by atoms with Gasteiger partial charge in [-0.15, -0.1) is 10.2 Å². The lowest BCUT2D eigenvalue weighted by atomic mass is 10.2. The number of aromatic nitrogens is 3. The fraction of sp³-hybridized carbons (Fsp3) is 0.273. The van der Waals surface area contributed by atoms with E-state index in [0.717, 1.165) is 0 Å². The second kappa shape index (κ2) is 9.03. The largest absolute Gasteiger partial charge is 0.366 e. The van der Waals surface area contributed by atoms with Crippen LogP contribution >= 0.6 is 0 Å². The van der Waals surface area contributed by atoms with Gasteiger partial charge in [0.1, 0.15) is 17.3 Å². The Bertz CT molecular complexity index is 1130. The van der Waals surface area contributed by atoms with Crippen LogP contribution in [-0.2, 0) is 11.2 Å². The fourth-order valence-corrected chi connectivity index (χ4v) is 3.55. The van der Waals surface area contributed by atoms with Gasteiger partial charge in [-0.05, 0) is 36.4 Å². The van der Waals surface area contributed by atoms with Crippen LogP contribution in [0.4, 0.5) is 14.5 Å². The van der Waals surface area contributed by atoms with Gasteiger partial charge in [-0.25, -0.2) is 8.78 Å². The van der Waals surface area contributed by atoms with E-state index in [9.17, 15) is 18.4 Å². The molecule has 2 heterocycles. The summed E-state index contributed by atoms with van der Waals surface area (Å²) in [4.78, 5) is 31.1. The van der Waals surface area contributed by atoms with Crippen LogP contribution in [0.5, 0.6) is 0 Å². The lowest BCUT2D eigenvalue weighted by Crippen LogP contribution is -2.49. The highest BCUT2D eigenvalue weighted by Gasteiger charge is 2.23. The van der Waals surface area contributed by atoms with Crippen molar-refractivity contribution in [2.75, 3.05) is 31.1 Å². The maximum atomic E-state index is 13.9. The number of amides is 1. The number of nitrogens with one attached hydrogen (secondary N) is 1. The van der Waals surface area contributed by atoms with E-state index in [4.69, 9.17) is 0 Å². The molecule has 0 atom stereocenters. The van der Waals surface area contributed by atoms with E-state index in [1.807, 2.05) is 4.90 Å². The Hall–Kier alpha value is -3.62. The minimum Gasteiger partial charge on any atom is -0.366 e. The summed E-state index contributed by atoms with van der Waals surface area (Å²) >= 11 is 0. The van der Waals surface area contributed by atoms with Gasteiger partial charge < -0.3 is 14.8 Å². The van der Waals surface area contributed by atoms with Crippen molar-refractivity contribution in [1.29, 1.82) is 0 Å². The van der Waals surface area contributed by atoms with Gasteiger partial charge in [0, 0.05) is 44.6 Å². The van der Waals surface area contributed by atoms with Crippen molar-refractivity contribution in [1.82, 2.24) is 20.1 Å². The van der Waals surface area contributed by atoms with E-state index in [1.165, 1.54) is 30.3 Å². The summed E-state index contributed by atoms with van der Waals surface area (Å²) in [5.74, 6) is -0.505. The number of hydrogen-bond donors (Lipinski definition) is 1. The third-order valence-electron chi connectivity index (χ3n) is 5.28. The Morgan fingerprint density at radius 1 is 0.968 bits per heavy atom. The number of piperazine rings is 1. The zero-order chi connectivity index (χ0) is 21.8. The number of H-pyrrole nitrogens is 1. The number of para-hydroxylation sites is 1. The van der Waals surface area contributed by atoms with Crippen molar-refractivity contribution in [3.05, 3.63) is 76.2 Å². The van der Waals surface area contributed by atoms with Gasteiger partial charge in [-0.3, -0.25) is 9.59 Å². The molecular weight excluding hydrogens is 404 g/mol. The third-order valence-corrected chi connectivity index (χ3v) is 5.28. The van der Waals surface area contributed by atoms with Gasteiger partial charge in [0.25, 0.3) is 5.56 Å². The molecule has 1 N–H and O–H groups in total. The summed E-state index contributed by atoms with van der Waals surface area (Å²) in [7, 11) is 0.